The Labute approximate surface area is 134 Å². The van der Waals surface area contributed by atoms with Gasteiger partial charge in [-0.15, -0.1) is 34.1 Å². The van der Waals surface area contributed by atoms with E-state index in [2.05, 4.69) is 69.4 Å². The number of rotatable bonds is 9. The molecule has 0 spiro atoms. The molecule has 17 heavy (non-hydrogen) atoms. The highest BCUT2D eigenvalue weighted by atomic mass is 33.5. The SMILES string of the molecule is S=P(SCC1CS1)(SCC1CS1)SCC1CS1. The van der Waals surface area contributed by atoms with Gasteiger partial charge in [-0.3, -0.25) is 0 Å². The number of hydrogen-bond donors (Lipinski definition) is 0. The zero-order chi connectivity index (χ0) is 11.7. The third-order valence-corrected chi connectivity index (χ3v) is 21.3. The molecule has 0 radical (unpaired) electrons. The lowest BCUT2D eigenvalue weighted by Crippen LogP contribution is -1.91. The summed E-state index contributed by atoms with van der Waals surface area (Å²) in [7, 11) is 0. The van der Waals surface area contributed by atoms with E-state index >= 15 is 0 Å². The van der Waals surface area contributed by atoms with Crippen molar-refractivity contribution in [2.24, 2.45) is 0 Å². The van der Waals surface area contributed by atoms with Gasteiger partial charge in [0, 0.05) is 50.3 Å². The summed E-state index contributed by atoms with van der Waals surface area (Å²) < 4.78 is -1.22. The van der Waals surface area contributed by atoms with Crippen LogP contribution in [0.25, 0.3) is 0 Å². The monoisotopic (exact) mass is 378 g/mol. The van der Waals surface area contributed by atoms with Crippen LogP contribution in [-0.2, 0) is 11.8 Å². The largest absolute Gasteiger partial charge is 0.156 e. The van der Waals surface area contributed by atoms with Crippen LogP contribution in [0.3, 0.4) is 0 Å². The molecule has 0 N–H and O–H groups in total. The van der Waals surface area contributed by atoms with Gasteiger partial charge in [-0.1, -0.05) is 11.8 Å². The van der Waals surface area contributed by atoms with Gasteiger partial charge in [-0.2, -0.15) is 35.3 Å². The van der Waals surface area contributed by atoms with Crippen LogP contribution < -0.4 is 0 Å². The molecule has 8 heteroatoms. The topological polar surface area (TPSA) is 0 Å². The minimum Gasteiger partial charge on any atom is -0.156 e. The van der Waals surface area contributed by atoms with Crippen molar-refractivity contribution in [3.8, 4) is 0 Å². The summed E-state index contributed by atoms with van der Waals surface area (Å²) in [5.74, 6) is 8.10. The highest BCUT2D eigenvalue weighted by molar-refractivity contribution is 9.23. The Morgan fingerprint density at radius 3 is 1.35 bits per heavy atom. The molecule has 3 fully saturated rings. The molecule has 3 rings (SSSR count). The van der Waals surface area contributed by atoms with Gasteiger partial charge < -0.3 is 0 Å². The second-order valence-corrected chi connectivity index (χ2v) is 23.9. The molecular formula is C9H15PS7. The summed E-state index contributed by atoms with van der Waals surface area (Å²) >= 11 is 18.8. The second kappa shape index (κ2) is 6.67. The van der Waals surface area contributed by atoms with Crippen molar-refractivity contribution in [2.45, 2.75) is 15.7 Å². The molecule has 98 valence electrons. The van der Waals surface area contributed by atoms with Crippen LogP contribution in [0.2, 0.25) is 0 Å². The van der Waals surface area contributed by atoms with Crippen molar-refractivity contribution in [1.29, 1.82) is 0 Å². The lowest BCUT2D eigenvalue weighted by molar-refractivity contribution is 1.27. The first-order valence-electron chi connectivity index (χ1n) is 5.62. The van der Waals surface area contributed by atoms with E-state index in [1.165, 1.54) is 34.5 Å². The summed E-state index contributed by atoms with van der Waals surface area (Å²) in [4.78, 5) is 0. The minimum absolute atomic E-state index is 0.939. The molecule has 3 aliphatic rings. The predicted molar refractivity (Wildman–Crippen MR) is 100 cm³/mol. The molecule has 3 saturated heterocycles. The molecule has 0 aliphatic carbocycles. The zero-order valence-corrected chi connectivity index (χ0v) is 15.9. The Kier molecular flexibility index (Phi) is 5.76. The second-order valence-electron chi connectivity index (χ2n) is 4.20. The maximum Gasteiger partial charge on any atom is 0.109 e. The summed E-state index contributed by atoms with van der Waals surface area (Å²) in [5, 5.41) is 2.82. The van der Waals surface area contributed by atoms with Gasteiger partial charge in [-0.25, -0.2) is 0 Å². The van der Waals surface area contributed by atoms with Crippen molar-refractivity contribution in [3.05, 3.63) is 0 Å². The fourth-order valence-electron chi connectivity index (χ4n) is 1.13. The lowest BCUT2D eigenvalue weighted by Gasteiger charge is -2.19. The lowest BCUT2D eigenvalue weighted by atomic mass is 10.6. The zero-order valence-electron chi connectivity index (χ0n) is 9.28. The highest BCUT2D eigenvalue weighted by Gasteiger charge is 2.32. The average molecular weight is 379 g/mol. The molecule has 0 aromatic rings. The third kappa shape index (κ3) is 5.94. The molecular weight excluding hydrogens is 364 g/mol. The van der Waals surface area contributed by atoms with E-state index in [9.17, 15) is 0 Å². The van der Waals surface area contributed by atoms with Crippen molar-refractivity contribution in [1.82, 2.24) is 0 Å². The van der Waals surface area contributed by atoms with Crippen molar-refractivity contribution in [2.75, 3.05) is 34.5 Å². The Hall–Kier alpha value is 2.75. The molecule has 3 aliphatic heterocycles. The summed E-state index contributed by atoms with van der Waals surface area (Å²) in [6, 6.07) is 0. The fraction of sp³-hybridized carbons (Fsp3) is 1.00. The van der Waals surface area contributed by atoms with Gasteiger partial charge in [0.1, 0.15) is 3.64 Å². The Morgan fingerprint density at radius 1 is 0.824 bits per heavy atom. The van der Waals surface area contributed by atoms with Crippen molar-refractivity contribution in [3.63, 3.8) is 0 Å². The molecule has 0 aromatic heterocycles. The number of hydrogen-bond acceptors (Lipinski definition) is 7. The van der Waals surface area contributed by atoms with Gasteiger partial charge in [0.25, 0.3) is 0 Å². The molecule has 0 bridgehead atoms. The molecule has 0 aromatic carbocycles. The smallest absolute Gasteiger partial charge is 0.109 e. The minimum atomic E-state index is -1.22. The van der Waals surface area contributed by atoms with E-state index in [-0.39, 0.29) is 0 Å². The quantitative estimate of drug-likeness (QED) is 0.414. The molecule has 0 saturated carbocycles. The van der Waals surface area contributed by atoms with Gasteiger partial charge in [0.05, 0.1) is 0 Å². The normalized spacial score (nSPS) is 37.5. The molecule has 3 heterocycles. The van der Waals surface area contributed by atoms with Gasteiger partial charge in [0.2, 0.25) is 0 Å². The third-order valence-electron chi connectivity index (χ3n) is 2.46. The first-order chi connectivity index (χ1) is 8.23. The van der Waals surface area contributed by atoms with Gasteiger partial charge in [-0.05, 0) is 0 Å². The summed E-state index contributed by atoms with van der Waals surface area (Å²) in [5.41, 5.74) is 0. The van der Waals surface area contributed by atoms with Crippen LogP contribution in [0.1, 0.15) is 0 Å². The van der Waals surface area contributed by atoms with Crippen LogP contribution in [0, 0.1) is 0 Å². The van der Waals surface area contributed by atoms with E-state index in [0.29, 0.717) is 0 Å². The summed E-state index contributed by atoms with van der Waals surface area (Å²) in [6.45, 7) is 0. The van der Waals surface area contributed by atoms with Crippen LogP contribution >= 0.6 is 73.1 Å². The van der Waals surface area contributed by atoms with Crippen LogP contribution in [0.4, 0.5) is 0 Å². The van der Waals surface area contributed by atoms with Crippen LogP contribution in [0.15, 0.2) is 0 Å². The Morgan fingerprint density at radius 2 is 1.12 bits per heavy atom. The fourth-order valence-corrected chi connectivity index (χ4v) is 17.5. The van der Waals surface area contributed by atoms with Crippen LogP contribution in [0.5, 0.6) is 0 Å². The van der Waals surface area contributed by atoms with E-state index in [4.69, 9.17) is 11.8 Å². The predicted octanol–water partition coefficient (Wildman–Crippen LogP) is 4.76. The Bertz CT molecular complexity index is 263. The number of thioether (sulfide) groups is 3. The molecule has 0 amide bonds. The molecule has 0 nitrogen and oxygen atoms in total. The summed E-state index contributed by atoms with van der Waals surface area (Å²) in [6.07, 6.45) is 0. The van der Waals surface area contributed by atoms with E-state index in [1.807, 2.05) is 0 Å². The molecule has 3 unspecified atom stereocenters. The van der Waals surface area contributed by atoms with E-state index in [0.717, 1.165) is 15.7 Å². The van der Waals surface area contributed by atoms with E-state index < -0.39 is 3.64 Å². The Balaban J connectivity index is 1.45. The van der Waals surface area contributed by atoms with Crippen molar-refractivity contribution < 1.29 is 0 Å². The first kappa shape index (κ1) is 14.7. The highest BCUT2D eigenvalue weighted by Crippen LogP contribution is 2.79. The molecule has 3 atom stereocenters. The van der Waals surface area contributed by atoms with Crippen molar-refractivity contribution >= 4 is 84.9 Å². The van der Waals surface area contributed by atoms with Crippen LogP contribution in [-0.4, -0.2) is 50.3 Å². The van der Waals surface area contributed by atoms with Gasteiger partial charge >= 0.3 is 0 Å². The first-order valence-corrected chi connectivity index (χ1v) is 16.3. The standard InChI is InChI=1S/C9H15PS7/c11-10(15-4-7-1-12-7,16-5-8-2-13-8)17-6-9-3-14-9/h7-9H,1-6H2. The maximum atomic E-state index is 6.01. The maximum absolute atomic E-state index is 6.01. The van der Waals surface area contributed by atoms with E-state index in [1.54, 1.807) is 0 Å². The van der Waals surface area contributed by atoms with Gasteiger partial charge in [0.15, 0.2) is 0 Å². The average Bonchev–Trinajstić information content (AvgIpc) is 3.17.